The molecule has 2 saturated heterocycles. The van der Waals surface area contributed by atoms with Crippen molar-refractivity contribution >= 4 is 75.4 Å². The number of unbranched alkanes of at least 4 members (excludes halogenated alkanes) is 1. The van der Waals surface area contributed by atoms with E-state index in [1.54, 1.807) is 67.5 Å². The smallest absolute Gasteiger partial charge is 0.355 e. The molecule has 25 nitrogen and oxygen atoms in total. The second-order valence-corrected chi connectivity index (χ2v) is 25.1. The second kappa shape index (κ2) is 30.0. The Morgan fingerprint density at radius 2 is 1.56 bits per heavy atom. The summed E-state index contributed by atoms with van der Waals surface area (Å²) in [5, 5.41) is 39.1. The number of nitrogens with one attached hydrogen (secondary N) is 6. The molecular weight excluding hydrogens is 1180 g/mol. The molecule has 2 aromatic heterocycles. The molecular formula is C64H86N10O15S. The van der Waals surface area contributed by atoms with Gasteiger partial charge in [0.15, 0.2) is 5.11 Å². The van der Waals surface area contributed by atoms with Crippen molar-refractivity contribution in [2.45, 2.75) is 186 Å². The molecule has 8 rings (SSSR count). The van der Waals surface area contributed by atoms with Crippen molar-refractivity contribution in [3.05, 3.63) is 87.7 Å². The van der Waals surface area contributed by atoms with Crippen molar-refractivity contribution in [2.75, 3.05) is 32.1 Å². The summed E-state index contributed by atoms with van der Waals surface area (Å²) < 4.78 is 30.2. The number of anilines is 1. The highest BCUT2D eigenvalue weighted by molar-refractivity contribution is 7.80. The Morgan fingerprint density at radius 1 is 0.867 bits per heavy atom. The Hall–Kier alpha value is -7.62. The van der Waals surface area contributed by atoms with Crippen LogP contribution in [0.5, 0.6) is 5.75 Å². The van der Waals surface area contributed by atoms with Crippen LogP contribution in [0.25, 0.3) is 22.3 Å². The van der Waals surface area contributed by atoms with Crippen LogP contribution < -0.4 is 47.9 Å². The van der Waals surface area contributed by atoms with E-state index >= 15 is 0 Å². The molecule has 4 aliphatic rings. The van der Waals surface area contributed by atoms with Crippen molar-refractivity contribution in [3.63, 3.8) is 0 Å². The highest BCUT2D eigenvalue weighted by Gasteiger charge is 2.52. The third-order valence-corrected chi connectivity index (χ3v) is 17.1. The van der Waals surface area contributed by atoms with Crippen LogP contribution in [0.3, 0.4) is 0 Å². The van der Waals surface area contributed by atoms with Gasteiger partial charge in [0, 0.05) is 35.9 Å². The summed E-state index contributed by atoms with van der Waals surface area (Å²) in [7, 11) is 1.38. The third kappa shape index (κ3) is 15.6. The van der Waals surface area contributed by atoms with Gasteiger partial charge in [0.1, 0.15) is 60.9 Å². The highest BCUT2D eigenvalue weighted by Crippen LogP contribution is 2.41. The number of aliphatic hydroxyl groups is 2. The van der Waals surface area contributed by atoms with Gasteiger partial charge in [-0.1, -0.05) is 66.7 Å². The largest absolute Gasteiger partial charge is 0.462 e. The summed E-state index contributed by atoms with van der Waals surface area (Å²) in [6.45, 7) is 14.2. The number of thiocarbonyl (C=S) groups is 1. The van der Waals surface area contributed by atoms with Crippen molar-refractivity contribution in [1.82, 2.24) is 41.0 Å². The van der Waals surface area contributed by atoms with Gasteiger partial charge in [0.25, 0.3) is 5.56 Å². The minimum absolute atomic E-state index is 0.0579. The lowest BCUT2D eigenvalue weighted by molar-refractivity contribution is -0.272. The zero-order valence-electron chi connectivity index (χ0n) is 52.5. The third-order valence-electron chi connectivity index (χ3n) is 16.8. The number of nitrogens with zero attached hydrogens (tertiary/aromatic N) is 3. The van der Waals surface area contributed by atoms with Gasteiger partial charge < -0.3 is 81.0 Å². The number of cyclic esters (lactones) is 1. The topological polar surface area (TPSA) is 342 Å². The summed E-state index contributed by atoms with van der Waals surface area (Å²) in [5.41, 5.74) is 6.77. The number of ether oxygens (including phenoxy) is 5. The van der Waals surface area contributed by atoms with Crippen LogP contribution in [-0.4, -0.2) is 159 Å². The second-order valence-electron chi connectivity index (χ2n) is 24.7. The number of rotatable bonds is 26. The first-order valence-electron chi connectivity index (χ1n) is 31.0. The number of aromatic nitrogens is 2. The molecule has 4 aromatic rings. The Balaban J connectivity index is 0.882. The van der Waals surface area contributed by atoms with Gasteiger partial charge in [0.2, 0.25) is 41.4 Å². The van der Waals surface area contributed by atoms with Crippen LogP contribution >= 0.6 is 12.2 Å². The van der Waals surface area contributed by atoms with E-state index in [0.717, 1.165) is 10.9 Å². The van der Waals surface area contributed by atoms with E-state index in [2.05, 4.69) is 31.9 Å². The maximum Gasteiger partial charge on any atom is 0.355 e. The number of para-hydroxylation sites is 1. The molecule has 0 bridgehead atoms. The summed E-state index contributed by atoms with van der Waals surface area (Å²) in [5.74, 6) is -5.55. The molecule has 10 N–H and O–H groups in total. The quantitative estimate of drug-likeness (QED) is 0.0218. The Morgan fingerprint density at radius 3 is 2.22 bits per heavy atom. The molecule has 5 amide bonds. The van der Waals surface area contributed by atoms with E-state index in [-0.39, 0.29) is 66.9 Å². The summed E-state index contributed by atoms with van der Waals surface area (Å²) >= 11 is 5.77. The number of carbonyl (C=O) groups is 7. The monoisotopic (exact) mass is 1270 g/mol. The fourth-order valence-corrected chi connectivity index (χ4v) is 12.3. The van der Waals surface area contributed by atoms with E-state index < -0.39 is 126 Å². The highest BCUT2D eigenvalue weighted by atomic mass is 32.1. The number of hydrogen-bond donors (Lipinski definition) is 9. The van der Waals surface area contributed by atoms with Crippen molar-refractivity contribution in [2.24, 2.45) is 23.5 Å². The first kappa shape index (κ1) is 68.3. The molecule has 488 valence electrons. The van der Waals surface area contributed by atoms with Crippen molar-refractivity contribution in [3.8, 4) is 17.1 Å². The number of amides is 5. The van der Waals surface area contributed by atoms with E-state index in [4.69, 9.17) is 46.6 Å². The fraction of sp³-hybridized carbons (Fsp3) is 0.562. The van der Waals surface area contributed by atoms with Crippen LogP contribution in [0.2, 0.25) is 0 Å². The molecule has 0 aliphatic carbocycles. The average molecular weight is 1270 g/mol. The predicted molar refractivity (Wildman–Crippen MR) is 336 cm³/mol. The van der Waals surface area contributed by atoms with Gasteiger partial charge in [0.05, 0.1) is 41.7 Å². The molecule has 11 atom stereocenters. The van der Waals surface area contributed by atoms with Crippen LogP contribution in [0, 0.1) is 17.8 Å². The molecule has 4 aliphatic heterocycles. The van der Waals surface area contributed by atoms with Crippen molar-refractivity contribution in [1.29, 1.82) is 0 Å². The van der Waals surface area contributed by atoms with Gasteiger partial charge in [-0.05, 0) is 137 Å². The number of likely N-dealkylation sites (tertiary alicyclic amines) is 1. The number of methoxy groups -OCH3 is 1. The van der Waals surface area contributed by atoms with Crippen LogP contribution in [0.1, 0.15) is 123 Å². The summed E-state index contributed by atoms with van der Waals surface area (Å²) in [6, 6.07) is 12.3. The maximum atomic E-state index is 14.5. The number of fused-ring (bicyclic) bond motifs is 5. The number of benzene rings is 2. The van der Waals surface area contributed by atoms with E-state index in [0.29, 0.717) is 67.1 Å². The number of carbonyl (C=O) groups excluding carboxylic acids is 7. The van der Waals surface area contributed by atoms with Gasteiger partial charge in [-0.3, -0.25) is 28.8 Å². The molecule has 0 unspecified atom stereocenters. The Bertz CT molecular complexity index is 3360. The van der Waals surface area contributed by atoms with Gasteiger partial charge in [-0.2, -0.15) is 0 Å². The molecule has 0 radical (unpaired) electrons. The van der Waals surface area contributed by atoms with Gasteiger partial charge in [-0.15, -0.1) is 0 Å². The lowest BCUT2D eigenvalue weighted by atomic mass is 9.85. The van der Waals surface area contributed by atoms with E-state index in [9.17, 15) is 48.6 Å². The van der Waals surface area contributed by atoms with Gasteiger partial charge in [-0.25, -0.2) is 14.6 Å². The van der Waals surface area contributed by atoms with E-state index in [1.807, 2.05) is 58.0 Å². The Kier molecular flexibility index (Phi) is 22.8. The molecule has 0 spiro atoms. The minimum Gasteiger partial charge on any atom is -0.462 e. The zero-order valence-corrected chi connectivity index (χ0v) is 53.3. The molecule has 2 fully saturated rings. The molecule has 6 heterocycles. The number of esters is 2. The zero-order chi connectivity index (χ0) is 65.3. The molecule has 26 heteroatoms. The minimum atomic E-state index is -2.07. The predicted octanol–water partition coefficient (Wildman–Crippen LogP) is 3.28. The van der Waals surface area contributed by atoms with Crippen LogP contribution in [-0.2, 0) is 71.3 Å². The lowest BCUT2D eigenvalue weighted by Crippen LogP contribution is -2.59. The first-order chi connectivity index (χ1) is 42.9. The van der Waals surface area contributed by atoms with Crippen LogP contribution in [0.4, 0.5) is 5.69 Å². The summed E-state index contributed by atoms with van der Waals surface area (Å²) in [6.07, 6.45) is -2.65. The average Bonchev–Trinajstić information content (AvgIpc) is 1.37. The normalized spacial score (nSPS) is 22.3. The Labute approximate surface area is 528 Å². The molecule has 90 heavy (non-hydrogen) atoms. The van der Waals surface area contributed by atoms with E-state index in [1.165, 1.54) is 7.11 Å². The maximum absolute atomic E-state index is 14.5. The molecule has 2 aromatic carbocycles. The van der Waals surface area contributed by atoms with Gasteiger partial charge >= 0.3 is 11.9 Å². The van der Waals surface area contributed by atoms with Crippen molar-refractivity contribution < 1.29 is 67.5 Å². The number of nitrogens with two attached hydrogens (primary N) is 1. The van der Waals surface area contributed by atoms with Crippen LogP contribution in [0.15, 0.2) is 65.5 Å². The molecule has 0 saturated carbocycles. The number of aliphatic hydroxyl groups excluding tert-OH is 2. The lowest BCUT2D eigenvalue weighted by Gasteiger charge is -2.40. The SMILES string of the molecule is CC[C@]1(OC(=O)[C@H](NC(=O)[C@@H](CCCCN)NC(=O)[C@@H](CC(C)C)NC(=O)CNC(=O)[C@H](CC(C)C)NC(=O)[C@H]2CCCN2C(=S)Nc2ccc(O[C@@H]3O[C@H](C)[C@H](O)[C@H](OC)[C@@H]3O)cc2)C(C)C)C(=O)OCc2c1cc1n(c2=O)Cc2cc3ccccc3nc2-1. The standard InChI is InChI=1S/C64H86N10O15S/c1-10-64(42-29-48-51-38(28-37-16-11-12-17-43(37)69-51)31-74(48)59(82)41(42)32-86-62(64)84)89-60(83)50(35(6)7)72-56(79)44(18-13-14-24-65)70-57(80)46(27-34(4)5)68-49(75)30-66-55(78)45(26-33(2)3)71-58(81)47-19-15-25-73(47)63(90)67-39-20-22-40(23-21-39)88-61-53(77)54(85-9)52(76)36(8)87-61/h11-12,16-17,20-23,28-29,33-36,44-47,50,52-54,61,76-77H,10,13-15,18-19,24-27,30-32,65H2,1-9H3,(H,66,78)(H,67,90)(H,68,75)(H,70,80)(H,71,81)(H,72,79)/t36-,44-,45+,46-,47-,50-,52+,53+,54+,61+,64-/m1/s1. The number of pyridine rings is 2. The fourth-order valence-electron chi connectivity index (χ4n) is 11.9. The summed E-state index contributed by atoms with van der Waals surface area (Å²) in [4.78, 5) is 120. The number of hydrogen-bond acceptors (Lipinski definition) is 18. The first-order valence-corrected chi connectivity index (χ1v) is 31.4.